The van der Waals surface area contributed by atoms with Crippen LogP contribution in [-0.4, -0.2) is 96.1 Å². The molecule has 1 aliphatic heterocycles. The van der Waals surface area contributed by atoms with Crippen molar-refractivity contribution in [3.05, 3.63) is 11.8 Å². The Morgan fingerprint density at radius 2 is 2.06 bits per heavy atom. The number of nitrogens with one attached hydrogen (secondary N) is 2. The second-order valence-corrected chi connectivity index (χ2v) is 7.83. The van der Waals surface area contributed by atoms with Crippen molar-refractivity contribution in [1.82, 2.24) is 10.6 Å². The lowest BCUT2D eigenvalue weighted by atomic mass is 9.86. The van der Waals surface area contributed by atoms with Gasteiger partial charge < -0.3 is 52.6 Å². The first-order chi connectivity index (χ1) is 14.6. The van der Waals surface area contributed by atoms with E-state index in [1.54, 1.807) is 6.08 Å². The Labute approximate surface area is 178 Å². The Hall–Kier alpha value is -1.45. The van der Waals surface area contributed by atoms with Crippen LogP contribution in [0.25, 0.3) is 0 Å². The molecule has 1 aliphatic carbocycles. The van der Waals surface area contributed by atoms with E-state index in [9.17, 15) is 23.8 Å². The monoisotopic (exact) mass is 453 g/mol. The van der Waals surface area contributed by atoms with E-state index in [0.29, 0.717) is 25.3 Å². The maximum absolute atomic E-state index is 13.4. The van der Waals surface area contributed by atoms with Crippen LogP contribution in [0.2, 0.25) is 0 Å². The molecular formula is C18H33F2N5O6. The Morgan fingerprint density at radius 1 is 1.35 bits per heavy atom. The number of ether oxygens (including phenoxy) is 2. The maximum Gasteiger partial charge on any atom is 0.294 e. The van der Waals surface area contributed by atoms with Gasteiger partial charge >= 0.3 is 0 Å². The first kappa shape index (κ1) is 25.8. The highest BCUT2D eigenvalue weighted by molar-refractivity contribution is 5.81. The summed E-state index contributed by atoms with van der Waals surface area (Å²) in [7, 11) is 0. The van der Waals surface area contributed by atoms with Gasteiger partial charge in [0.15, 0.2) is 6.10 Å². The molecule has 1 fully saturated rings. The Bertz CT molecular complexity index is 616. The van der Waals surface area contributed by atoms with Crippen LogP contribution in [-0.2, 0) is 14.3 Å². The summed E-state index contributed by atoms with van der Waals surface area (Å²) in [5, 5.41) is 34.1. The zero-order valence-corrected chi connectivity index (χ0v) is 17.1. The molecule has 31 heavy (non-hydrogen) atoms. The van der Waals surface area contributed by atoms with Gasteiger partial charge in [-0.05, 0) is 25.3 Å². The van der Waals surface area contributed by atoms with Gasteiger partial charge in [-0.3, -0.25) is 4.79 Å². The molecule has 0 aromatic heterocycles. The summed E-state index contributed by atoms with van der Waals surface area (Å²) in [4.78, 5) is 11.9. The lowest BCUT2D eigenvalue weighted by molar-refractivity contribution is -0.202. The molecule has 0 spiro atoms. The van der Waals surface area contributed by atoms with E-state index in [1.807, 2.05) is 0 Å². The van der Waals surface area contributed by atoms with Crippen LogP contribution < -0.4 is 27.8 Å². The minimum absolute atomic E-state index is 0.0194. The molecule has 1 heterocycles. The predicted octanol–water partition coefficient (Wildman–Crippen LogP) is -3.17. The largest absolute Gasteiger partial charge is 0.467 e. The van der Waals surface area contributed by atoms with Gasteiger partial charge in [-0.1, -0.05) is 0 Å². The van der Waals surface area contributed by atoms with Crippen LogP contribution in [0.3, 0.4) is 0 Å². The number of amides is 1. The number of nitrogens with two attached hydrogens (primary N) is 3. The van der Waals surface area contributed by atoms with Crippen molar-refractivity contribution in [2.75, 3.05) is 26.2 Å². The summed E-state index contributed by atoms with van der Waals surface area (Å²) >= 11 is 0. The van der Waals surface area contributed by atoms with E-state index >= 15 is 0 Å². The molecule has 0 aromatic carbocycles. The summed E-state index contributed by atoms with van der Waals surface area (Å²) in [6.45, 7) is -0.438. The van der Waals surface area contributed by atoms with Crippen LogP contribution in [0.5, 0.6) is 0 Å². The molecule has 2 rings (SSSR count). The minimum atomic E-state index is -3.77. The number of alkyl halides is 2. The van der Waals surface area contributed by atoms with E-state index in [1.165, 1.54) is 0 Å². The number of carbonyl (C=O) groups is 1. The van der Waals surface area contributed by atoms with Gasteiger partial charge in [0.2, 0.25) is 6.29 Å². The average Bonchev–Trinajstić information content (AvgIpc) is 2.72. The van der Waals surface area contributed by atoms with Gasteiger partial charge in [0.25, 0.3) is 11.8 Å². The Balaban J connectivity index is 1.90. The first-order valence-electron chi connectivity index (χ1n) is 10.2. The van der Waals surface area contributed by atoms with Gasteiger partial charge in [0.1, 0.15) is 11.9 Å². The van der Waals surface area contributed by atoms with Crippen molar-refractivity contribution in [2.45, 2.75) is 67.9 Å². The fourth-order valence-electron chi connectivity index (χ4n) is 3.51. The SMILES string of the molecule is NCC(F)(F)C(O)C(=O)N[C@H]1C[C@@H](O)C(O[C@H]2OC(CNCCO)=CC[C@H]2N)[C@@H](N)C1. The molecule has 0 radical (unpaired) electrons. The van der Waals surface area contributed by atoms with Crippen LogP contribution in [0, 0.1) is 0 Å². The van der Waals surface area contributed by atoms with Gasteiger partial charge in [0.05, 0.1) is 31.8 Å². The molecule has 180 valence electrons. The number of hydrogen-bond acceptors (Lipinski definition) is 10. The number of halogens is 2. The van der Waals surface area contributed by atoms with Crippen LogP contribution in [0.4, 0.5) is 8.78 Å². The molecule has 0 aromatic rings. The van der Waals surface area contributed by atoms with Gasteiger partial charge in [0, 0.05) is 18.6 Å². The molecule has 1 saturated carbocycles. The van der Waals surface area contributed by atoms with Crippen molar-refractivity contribution in [1.29, 1.82) is 0 Å². The molecule has 7 atom stereocenters. The number of rotatable bonds is 10. The normalized spacial score (nSPS) is 32.7. The third-order valence-corrected chi connectivity index (χ3v) is 5.26. The molecule has 2 aliphatic rings. The Kier molecular flexibility index (Phi) is 9.51. The van der Waals surface area contributed by atoms with Crippen LogP contribution in [0.1, 0.15) is 19.3 Å². The summed E-state index contributed by atoms with van der Waals surface area (Å²) in [6, 6.07) is -1.98. The number of aliphatic hydroxyl groups is 3. The molecule has 11 nitrogen and oxygen atoms in total. The standard InChI is InChI=1S/C18H33F2N5O6/c19-18(20,8-21)15(28)16(29)25-9-5-12(23)14(13(27)6-9)31-17-11(22)2-1-10(30-17)7-24-3-4-26/h1,9,11-15,17,24,26-28H,2-8,21-23H2,(H,25,29)/t9-,11-,12+,13-,14?,15?,17-/m1/s1. The summed E-state index contributed by atoms with van der Waals surface area (Å²) < 4.78 is 38.4. The molecule has 13 heteroatoms. The zero-order valence-electron chi connectivity index (χ0n) is 17.1. The lowest BCUT2D eigenvalue weighted by Gasteiger charge is -2.41. The van der Waals surface area contributed by atoms with Crippen molar-refractivity contribution in [2.24, 2.45) is 17.2 Å². The number of hydrogen-bond donors (Lipinski definition) is 8. The second-order valence-electron chi connectivity index (χ2n) is 7.83. The maximum atomic E-state index is 13.4. The van der Waals surface area contributed by atoms with E-state index in [-0.39, 0.29) is 19.4 Å². The number of carbonyl (C=O) groups excluding carboxylic acids is 1. The molecule has 0 bridgehead atoms. The quantitative estimate of drug-likeness (QED) is 0.156. The Morgan fingerprint density at radius 3 is 2.68 bits per heavy atom. The van der Waals surface area contributed by atoms with Gasteiger partial charge in [-0.2, -0.15) is 0 Å². The highest BCUT2D eigenvalue weighted by Crippen LogP contribution is 2.26. The predicted molar refractivity (Wildman–Crippen MR) is 106 cm³/mol. The van der Waals surface area contributed by atoms with Crippen LogP contribution >= 0.6 is 0 Å². The van der Waals surface area contributed by atoms with E-state index in [2.05, 4.69) is 10.6 Å². The third-order valence-electron chi connectivity index (χ3n) is 5.26. The average molecular weight is 453 g/mol. The fourth-order valence-corrected chi connectivity index (χ4v) is 3.51. The van der Waals surface area contributed by atoms with E-state index in [0.717, 1.165) is 0 Å². The molecule has 0 saturated heterocycles. The van der Waals surface area contributed by atoms with Crippen molar-refractivity contribution < 1.29 is 38.4 Å². The van der Waals surface area contributed by atoms with Crippen molar-refractivity contribution >= 4 is 5.91 Å². The van der Waals surface area contributed by atoms with E-state index < -0.39 is 61.1 Å². The highest BCUT2D eigenvalue weighted by atomic mass is 19.3. The zero-order chi connectivity index (χ0) is 23.2. The summed E-state index contributed by atoms with van der Waals surface area (Å²) in [6.07, 6.45) is -3.06. The topological polar surface area (TPSA) is 198 Å². The molecule has 2 unspecified atom stereocenters. The second kappa shape index (κ2) is 11.4. The van der Waals surface area contributed by atoms with Gasteiger partial charge in [-0.25, -0.2) is 8.78 Å². The van der Waals surface area contributed by atoms with Crippen molar-refractivity contribution in [3.63, 3.8) is 0 Å². The van der Waals surface area contributed by atoms with Crippen LogP contribution in [0.15, 0.2) is 11.8 Å². The summed E-state index contributed by atoms with van der Waals surface area (Å²) in [5.41, 5.74) is 17.0. The number of aliphatic hydroxyl groups excluding tert-OH is 3. The van der Waals surface area contributed by atoms with Gasteiger partial charge in [-0.15, -0.1) is 0 Å². The molecular weight excluding hydrogens is 420 g/mol. The molecule has 11 N–H and O–H groups in total. The third kappa shape index (κ3) is 7.02. The van der Waals surface area contributed by atoms with E-state index in [4.69, 9.17) is 31.8 Å². The smallest absolute Gasteiger partial charge is 0.294 e. The fraction of sp³-hybridized carbons (Fsp3) is 0.833. The highest BCUT2D eigenvalue weighted by Gasteiger charge is 2.44. The molecule has 1 amide bonds. The first-order valence-corrected chi connectivity index (χ1v) is 10.2. The lowest BCUT2D eigenvalue weighted by Crippen LogP contribution is -2.60. The van der Waals surface area contributed by atoms with Crippen molar-refractivity contribution in [3.8, 4) is 0 Å². The summed E-state index contributed by atoms with van der Waals surface area (Å²) in [5.74, 6) is -4.47. The minimum Gasteiger partial charge on any atom is -0.467 e.